The van der Waals surface area contributed by atoms with Crippen LogP contribution in [-0.2, 0) is 9.47 Å². The number of carbonyl (C=O) groups excluding carboxylic acids is 1. The van der Waals surface area contributed by atoms with E-state index in [1.54, 1.807) is 13.2 Å². The average molecular weight is 211 g/mol. The van der Waals surface area contributed by atoms with Gasteiger partial charge in [0, 0.05) is 13.3 Å². The maximum Gasteiger partial charge on any atom is 0.339 e. The van der Waals surface area contributed by atoms with Crippen LogP contribution in [0.4, 0.5) is 0 Å². The first-order valence-corrected chi connectivity index (χ1v) is 4.43. The van der Waals surface area contributed by atoms with Crippen LogP contribution in [0.3, 0.4) is 0 Å². The Balaban J connectivity index is 2.62. The minimum atomic E-state index is -0.431. The van der Waals surface area contributed by atoms with Crippen molar-refractivity contribution >= 4 is 5.97 Å². The molecule has 0 saturated heterocycles. The second-order valence-electron chi connectivity index (χ2n) is 2.74. The highest BCUT2D eigenvalue weighted by atomic mass is 16.5. The third kappa shape index (κ3) is 3.55. The molecule has 0 fully saturated rings. The van der Waals surface area contributed by atoms with Crippen LogP contribution in [0.2, 0.25) is 0 Å². The van der Waals surface area contributed by atoms with Gasteiger partial charge in [-0.1, -0.05) is 0 Å². The largest absolute Gasteiger partial charge is 0.490 e. The van der Waals surface area contributed by atoms with Gasteiger partial charge in [0.05, 0.1) is 25.5 Å². The zero-order chi connectivity index (χ0) is 11.1. The van der Waals surface area contributed by atoms with E-state index in [0.29, 0.717) is 24.5 Å². The highest BCUT2D eigenvalue weighted by Gasteiger charge is 2.06. The number of rotatable bonds is 5. The van der Waals surface area contributed by atoms with Crippen molar-refractivity contribution in [2.75, 3.05) is 27.4 Å². The Morgan fingerprint density at radius 3 is 2.80 bits per heavy atom. The molecule has 0 bridgehead atoms. The van der Waals surface area contributed by atoms with Crippen molar-refractivity contribution < 1.29 is 19.0 Å². The van der Waals surface area contributed by atoms with Gasteiger partial charge in [0.1, 0.15) is 12.4 Å². The Hall–Kier alpha value is -1.62. The van der Waals surface area contributed by atoms with Crippen LogP contribution in [0.25, 0.3) is 0 Å². The summed E-state index contributed by atoms with van der Waals surface area (Å²) in [7, 11) is 2.91. The van der Waals surface area contributed by atoms with Crippen LogP contribution >= 0.6 is 0 Å². The van der Waals surface area contributed by atoms with Crippen molar-refractivity contribution in [2.45, 2.75) is 0 Å². The Bertz CT molecular complexity index is 327. The molecule has 0 atom stereocenters. The normalized spacial score (nSPS) is 9.73. The number of hydrogen-bond acceptors (Lipinski definition) is 5. The van der Waals surface area contributed by atoms with Gasteiger partial charge in [-0.2, -0.15) is 0 Å². The molecule has 1 aromatic rings. The van der Waals surface area contributed by atoms with E-state index in [1.807, 2.05) is 0 Å². The Morgan fingerprint density at radius 1 is 1.33 bits per heavy atom. The van der Waals surface area contributed by atoms with Crippen LogP contribution in [0.15, 0.2) is 18.5 Å². The van der Waals surface area contributed by atoms with Crippen LogP contribution in [-0.4, -0.2) is 38.4 Å². The fraction of sp³-hybridized carbons (Fsp3) is 0.400. The highest BCUT2D eigenvalue weighted by Crippen LogP contribution is 2.11. The molecule has 0 N–H and O–H groups in total. The number of methoxy groups -OCH3 is 2. The summed E-state index contributed by atoms with van der Waals surface area (Å²) < 4.78 is 14.7. The van der Waals surface area contributed by atoms with Gasteiger partial charge < -0.3 is 14.2 Å². The summed E-state index contributed by atoms with van der Waals surface area (Å²) in [5.74, 6) is 0.0923. The molecule has 1 heterocycles. The number of carbonyl (C=O) groups is 1. The average Bonchev–Trinajstić information content (AvgIpc) is 2.29. The van der Waals surface area contributed by atoms with Gasteiger partial charge in [-0.15, -0.1) is 0 Å². The van der Waals surface area contributed by atoms with E-state index >= 15 is 0 Å². The van der Waals surface area contributed by atoms with Crippen molar-refractivity contribution in [2.24, 2.45) is 0 Å². The van der Waals surface area contributed by atoms with Gasteiger partial charge in [-0.25, -0.2) is 4.79 Å². The lowest BCUT2D eigenvalue weighted by Gasteiger charge is -2.05. The SMILES string of the molecule is COCCOc1cncc(C(=O)OC)c1. The first kappa shape index (κ1) is 11.5. The van der Waals surface area contributed by atoms with E-state index in [2.05, 4.69) is 9.72 Å². The van der Waals surface area contributed by atoms with E-state index < -0.39 is 5.97 Å². The Morgan fingerprint density at radius 2 is 2.13 bits per heavy atom. The predicted molar refractivity (Wildman–Crippen MR) is 52.9 cm³/mol. The fourth-order valence-corrected chi connectivity index (χ4v) is 0.970. The van der Waals surface area contributed by atoms with E-state index in [-0.39, 0.29) is 0 Å². The summed E-state index contributed by atoms with van der Waals surface area (Å²) in [4.78, 5) is 15.0. The van der Waals surface area contributed by atoms with Crippen molar-refractivity contribution in [3.63, 3.8) is 0 Å². The van der Waals surface area contributed by atoms with Gasteiger partial charge in [0.2, 0.25) is 0 Å². The number of nitrogens with zero attached hydrogens (tertiary/aromatic N) is 1. The van der Waals surface area contributed by atoms with Gasteiger partial charge in [-0.05, 0) is 6.07 Å². The maximum absolute atomic E-state index is 11.2. The molecule has 0 spiro atoms. The molecular weight excluding hydrogens is 198 g/mol. The van der Waals surface area contributed by atoms with Gasteiger partial charge in [0.25, 0.3) is 0 Å². The van der Waals surface area contributed by atoms with Crippen LogP contribution in [0, 0.1) is 0 Å². The quantitative estimate of drug-likeness (QED) is 0.534. The Kier molecular flexibility index (Phi) is 4.56. The van der Waals surface area contributed by atoms with Gasteiger partial charge in [-0.3, -0.25) is 4.98 Å². The molecule has 5 nitrogen and oxygen atoms in total. The second kappa shape index (κ2) is 5.98. The van der Waals surface area contributed by atoms with Crippen LogP contribution in [0.5, 0.6) is 5.75 Å². The molecule has 0 aliphatic heterocycles. The highest BCUT2D eigenvalue weighted by molar-refractivity contribution is 5.89. The molecule has 5 heteroatoms. The maximum atomic E-state index is 11.2. The monoisotopic (exact) mass is 211 g/mol. The number of ether oxygens (including phenoxy) is 3. The summed E-state index contributed by atoms with van der Waals surface area (Å²) in [5, 5.41) is 0. The second-order valence-corrected chi connectivity index (χ2v) is 2.74. The molecule has 0 aromatic carbocycles. The molecule has 0 aliphatic carbocycles. The van der Waals surface area contributed by atoms with Gasteiger partial charge in [0.15, 0.2) is 0 Å². The van der Waals surface area contributed by atoms with Gasteiger partial charge >= 0.3 is 5.97 Å². The predicted octanol–water partition coefficient (Wildman–Crippen LogP) is 0.893. The Labute approximate surface area is 88.0 Å². The summed E-state index contributed by atoms with van der Waals surface area (Å²) in [6, 6.07) is 1.58. The van der Waals surface area contributed by atoms with Crippen LogP contribution < -0.4 is 4.74 Å². The van der Waals surface area contributed by atoms with E-state index in [4.69, 9.17) is 9.47 Å². The molecule has 1 rings (SSSR count). The van der Waals surface area contributed by atoms with Crippen molar-refractivity contribution in [1.82, 2.24) is 4.98 Å². The van der Waals surface area contributed by atoms with Crippen molar-refractivity contribution in [3.05, 3.63) is 24.0 Å². The fourth-order valence-electron chi connectivity index (χ4n) is 0.970. The van der Waals surface area contributed by atoms with E-state index in [9.17, 15) is 4.79 Å². The molecule has 1 aromatic heterocycles. The first-order chi connectivity index (χ1) is 7.27. The molecule has 82 valence electrons. The molecule has 0 saturated carbocycles. The standard InChI is InChI=1S/C10H13NO4/c1-13-3-4-15-9-5-8(6-11-7-9)10(12)14-2/h5-7H,3-4H2,1-2H3. The lowest BCUT2D eigenvalue weighted by molar-refractivity contribution is 0.0599. The van der Waals surface area contributed by atoms with Crippen molar-refractivity contribution in [3.8, 4) is 5.75 Å². The van der Waals surface area contributed by atoms with Crippen LogP contribution in [0.1, 0.15) is 10.4 Å². The minimum Gasteiger partial charge on any atom is -0.490 e. The van der Waals surface area contributed by atoms with E-state index in [0.717, 1.165) is 0 Å². The summed E-state index contributed by atoms with van der Waals surface area (Å²) >= 11 is 0. The smallest absolute Gasteiger partial charge is 0.339 e. The number of esters is 1. The summed E-state index contributed by atoms with van der Waals surface area (Å²) in [6.45, 7) is 0.908. The third-order valence-electron chi connectivity index (χ3n) is 1.69. The number of pyridine rings is 1. The molecule has 0 amide bonds. The third-order valence-corrected chi connectivity index (χ3v) is 1.69. The number of hydrogen-bond donors (Lipinski definition) is 0. The molecule has 0 aliphatic rings. The first-order valence-electron chi connectivity index (χ1n) is 4.43. The molecular formula is C10H13NO4. The lowest BCUT2D eigenvalue weighted by Crippen LogP contribution is -2.06. The molecule has 0 radical (unpaired) electrons. The lowest BCUT2D eigenvalue weighted by atomic mass is 10.3. The molecule has 0 unspecified atom stereocenters. The zero-order valence-electron chi connectivity index (χ0n) is 8.73. The topological polar surface area (TPSA) is 57.7 Å². The minimum absolute atomic E-state index is 0.368. The number of aromatic nitrogens is 1. The summed E-state index contributed by atoms with van der Waals surface area (Å²) in [5.41, 5.74) is 0.368. The van der Waals surface area contributed by atoms with E-state index in [1.165, 1.54) is 19.5 Å². The van der Waals surface area contributed by atoms with Crippen molar-refractivity contribution in [1.29, 1.82) is 0 Å². The zero-order valence-corrected chi connectivity index (χ0v) is 8.73. The molecule has 15 heavy (non-hydrogen) atoms. The summed E-state index contributed by atoms with van der Waals surface area (Å²) in [6.07, 6.45) is 2.96.